The third-order valence-electron chi connectivity index (χ3n) is 3.69. The standard InChI is InChI=1S/C13H19N3S/c1-9-7-16-11(10(2)15-12(16)17-9)6-14-8-13(3)4-5-13/h7,14H,4-6,8H2,1-3H3. The quantitative estimate of drug-likeness (QED) is 0.903. The van der Waals surface area contributed by atoms with Crippen molar-refractivity contribution in [2.24, 2.45) is 5.41 Å². The van der Waals surface area contributed by atoms with E-state index in [1.54, 1.807) is 11.3 Å². The van der Waals surface area contributed by atoms with Gasteiger partial charge < -0.3 is 5.32 Å². The molecule has 3 nitrogen and oxygen atoms in total. The second-order valence-corrected chi connectivity index (χ2v) is 6.77. The van der Waals surface area contributed by atoms with Gasteiger partial charge in [0.25, 0.3) is 0 Å². The summed E-state index contributed by atoms with van der Waals surface area (Å²) in [5.74, 6) is 0. The van der Waals surface area contributed by atoms with Crippen LogP contribution in [-0.4, -0.2) is 15.9 Å². The van der Waals surface area contributed by atoms with Crippen LogP contribution in [0.1, 0.15) is 36.0 Å². The Balaban J connectivity index is 1.76. The molecule has 0 unspecified atom stereocenters. The predicted octanol–water partition coefficient (Wildman–Crippen LogP) is 2.90. The lowest BCUT2D eigenvalue weighted by molar-refractivity contribution is 0.495. The lowest BCUT2D eigenvalue weighted by Gasteiger charge is -2.09. The Bertz CT molecular complexity index is 548. The van der Waals surface area contributed by atoms with Gasteiger partial charge in [-0.1, -0.05) is 6.92 Å². The number of thiazole rings is 1. The molecular formula is C13H19N3S. The van der Waals surface area contributed by atoms with E-state index in [0.29, 0.717) is 5.41 Å². The van der Waals surface area contributed by atoms with Crippen molar-refractivity contribution in [1.82, 2.24) is 14.7 Å². The van der Waals surface area contributed by atoms with E-state index in [-0.39, 0.29) is 0 Å². The van der Waals surface area contributed by atoms with Crippen molar-refractivity contribution < 1.29 is 0 Å². The number of nitrogens with zero attached hydrogens (tertiary/aromatic N) is 2. The summed E-state index contributed by atoms with van der Waals surface area (Å²) in [6, 6.07) is 0. The smallest absolute Gasteiger partial charge is 0.194 e. The molecule has 1 aliphatic carbocycles. The van der Waals surface area contributed by atoms with Crippen LogP contribution in [0.2, 0.25) is 0 Å². The highest BCUT2D eigenvalue weighted by atomic mass is 32.1. The molecule has 2 aromatic rings. The summed E-state index contributed by atoms with van der Waals surface area (Å²) in [5.41, 5.74) is 3.04. The van der Waals surface area contributed by atoms with Crippen LogP contribution in [0.25, 0.3) is 4.96 Å². The molecule has 4 heteroatoms. The number of nitrogens with one attached hydrogen (secondary N) is 1. The van der Waals surface area contributed by atoms with Crippen LogP contribution in [0.5, 0.6) is 0 Å². The van der Waals surface area contributed by atoms with Gasteiger partial charge in [-0.05, 0) is 32.1 Å². The SMILES string of the molecule is Cc1cn2c(CNCC3(C)CC3)c(C)nc2s1. The van der Waals surface area contributed by atoms with Crippen molar-refractivity contribution in [3.63, 3.8) is 0 Å². The Labute approximate surface area is 106 Å². The first-order valence-electron chi connectivity index (χ1n) is 6.22. The Hall–Kier alpha value is -0.870. The van der Waals surface area contributed by atoms with Gasteiger partial charge in [0, 0.05) is 24.2 Å². The molecule has 0 aromatic carbocycles. The maximum Gasteiger partial charge on any atom is 0.194 e. The van der Waals surface area contributed by atoms with E-state index >= 15 is 0 Å². The van der Waals surface area contributed by atoms with Gasteiger partial charge in [-0.3, -0.25) is 4.40 Å². The molecule has 0 spiro atoms. The average molecular weight is 249 g/mol. The minimum Gasteiger partial charge on any atom is -0.311 e. The molecule has 1 N–H and O–H groups in total. The fourth-order valence-electron chi connectivity index (χ4n) is 2.19. The number of hydrogen-bond donors (Lipinski definition) is 1. The zero-order valence-electron chi connectivity index (χ0n) is 10.7. The summed E-state index contributed by atoms with van der Waals surface area (Å²) in [6.45, 7) is 8.65. The van der Waals surface area contributed by atoms with Crippen molar-refractivity contribution >= 4 is 16.3 Å². The summed E-state index contributed by atoms with van der Waals surface area (Å²) in [5, 5.41) is 3.58. The molecule has 0 saturated heterocycles. The molecule has 17 heavy (non-hydrogen) atoms. The van der Waals surface area contributed by atoms with E-state index in [1.165, 1.54) is 23.4 Å². The molecular weight excluding hydrogens is 230 g/mol. The molecule has 0 aliphatic heterocycles. The molecule has 1 fully saturated rings. The van der Waals surface area contributed by atoms with Crippen LogP contribution >= 0.6 is 11.3 Å². The van der Waals surface area contributed by atoms with E-state index in [9.17, 15) is 0 Å². The minimum atomic E-state index is 0.572. The predicted molar refractivity (Wildman–Crippen MR) is 71.6 cm³/mol. The van der Waals surface area contributed by atoms with Crippen molar-refractivity contribution in [1.29, 1.82) is 0 Å². The van der Waals surface area contributed by atoms with Crippen molar-refractivity contribution in [3.8, 4) is 0 Å². The second-order valence-electron chi connectivity index (χ2n) is 5.55. The summed E-state index contributed by atoms with van der Waals surface area (Å²) >= 11 is 1.76. The lowest BCUT2D eigenvalue weighted by Crippen LogP contribution is -2.22. The maximum absolute atomic E-state index is 4.61. The topological polar surface area (TPSA) is 29.3 Å². The first-order valence-corrected chi connectivity index (χ1v) is 7.04. The first kappa shape index (κ1) is 11.2. The summed E-state index contributed by atoms with van der Waals surface area (Å²) < 4.78 is 2.23. The minimum absolute atomic E-state index is 0.572. The van der Waals surface area contributed by atoms with E-state index in [1.807, 2.05) is 0 Å². The van der Waals surface area contributed by atoms with Gasteiger partial charge in [-0.15, -0.1) is 11.3 Å². The molecule has 1 aliphatic rings. The normalized spacial score (nSPS) is 17.8. The van der Waals surface area contributed by atoms with Crippen LogP contribution in [0, 0.1) is 19.3 Å². The third-order valence-corrected chi connectivity index (χ3v) is 4.59. The average Bonchev–Trinajstić information content (AvgIpc) is 2.78. The lowest BCUT2D eigenvalue weighted by atomic mass is 10.1. The fourth-order valence-corrected chi connectivity index (χ4v) is 3.08. The monoisotopic (exact) mass is 249 g/mol. The highest BCUT2D eigenvalue weighted by Crippen LogP contribution is 2.44. The number of rotatable bonds is 4. The van der Waals surface area contributed by atoms with Crippen molar-refractivity contribution in [3.05, 3.63) is 22.5 Å². The highest BCUT2D eigenvalue weighted by Gasteiger charge is 2.36. The number of imidazole rings is 1. The largest absolute Gasteiger partial charge is 0.311 e. The number of aromatic nitrogens is 2. The van der Waals surface area contributed by atoms with Crippen LogP contribution in [-0.2, 0) is 6.54 Å². The van der Waals surface area contributed by atoms with Gasteiger partial charge in [0.05, 0.1) is 11.4 Å². The van der Waals surface area contributed by atoms with Gasteiger partial charge >= 0.3 is 0 Å². The first-order chi connectivity index (χ1) is 8.07. The van der Waals surface area contributed by atoms with Gasteiger partial charge in [0.1, 0.15) is 0 Å². The van der Waals surface area contributed by atoms with E-state index in [2.05, 4.69) is 41.7 Å². The van der Waals surface area contributed by atoms with Gasteiger partial charge in [0.15, 0.2) is 4.96 Å². The van der Waals surface area contributed by atoms with Crippen LogP contribution in [0.15, 0.2) is 6.20 Å². The Morgan fingerprint density at radius 1 is 1.47 bits per heavy atom. The molecule has 92 valence electrons. The van der Waals surface area contributed by atoms with Crippen LogP contribution in [0.3, 0.4) is 0 Å². The fraction of sp³-hybridized carbons (Fsp3) is 0.615. The Morgan fingerprint density at radius 2 is 2.24 bits per heavy atom. The second kappa shape index (κ2) is 3.82. The number of fused-ring (bicyclic) bond motifs is 1. The maximum atomic E-state index is 4.61. The Morgan fingerprint density at radius 3 is 2.94 bits per heavy atom. The zero-order chi connectivity index (χ0) is 12.0. The van der Waals surface area contributed by atoms with E-state index < -0.39 is 0 Å². The summed E-state index contributed by atoms with van der Waals surface area (Å²) in [4.78, 5) is 7.05. The summed E-state index contributed by atoms with van der Waals surface area (Å²) in [7, 11) is 0. The van der Waals surface area contributed by atoms with Crippen molar-refractivity contribution in [2.75, 3.05) is 6.54 Å². The number of hydrogen-bond acceptors (Lipinski definition) is 3. The molecule has 0 atom stereocenters. The van der Waals surface area contributed by atoms with Gasteiger partial charge in [-0.2, -0.15) is 0 Å². The highest BCUT2D eigenvalue weighted by molar-refractivity contribution is 7.17. The number of aryl methyl sites for hydroxylation is 2. The molecule has 1 saturated carbocycles. The zero-order valence-corrected chi connectivity index (χ0v) is 11.5. The van der Waals surface area contributed by atoms with E-state index in [4.69, 9.17) is 0 Å². The van der Waals surface area contributed by atoms with Gasteiger partial charge in [-0.25, -0.2) is 4.98 Å². The van der Waals surface area contributed by atoms with E-state index in [0.717, 1.165) is 23.7 Å². The van der Waals surface area contributed by atoms with Crippen molar-refractivity contribution in [2.45, 2.75) is 40.2 Å². The van der Waals surface area contributed by atoms with Crippen LogP contribution < -0.4 is 5.32 Å². The molecule has 2 aromatic heterocycles. The van der Waals surface area contributed by atoms with Crippen LogP contribution in [0.4, 0.5) is 0 Å². The Kier molecular flexibility index (Phi) is 2.52. The summed E-state index contributed by atoms with van der Waals surface area (Å²) in [6.07, 6.45) is 4.94. The third kappa shape index (κ3) is 2.11. The molecule has 0 radical (unpaired) electrons. The molecule has 0 bridgehead atoms. The molecule has 3 rings (SSSR count). The molecule has 2 heterocycles. The molecule has 0 amide bonds. The van der Waals surface area contributed by atoms with Gasteiger partial charge in [0.2, 0.25) is 0 Å².